The molecule has 10 rings (SSSR count). The van der Waals surface area contributed by atoms with Gasteiger partial charge < -0.3 is 0 Å². The highest BCUT2D eigenvalue weighted by molar-refractivity contribution is 6.07. The highest BCUT2D eigenvalue weighted by Crippen LogP contribution is 2.40. The van der Waals surface area contributed by atoms with Crippen LogP contribution in [0.3, 0.4) is 0 Å². The van der Waals surface area contributed by atoms with Crippen LogP contribution in [0.5, 0.6) is 0 Å². The Hall–Kier alpha value is -8.98. The van der Waals surface area contributed by atoms with E-state index in [0.717, 1.165) is 55.3 Å². The summed E-state index contributed by atoms with van der Waals surface area (Å²) in [6, 6.07) is 67.9. The zero-order valence-electron chi connectivity index (χ0n) is 33.1. The summed E-state index contributed by atoms with van der Waals surface area (Å²) >= 11 is 0. The van der Waals surface area contributed by atoms with Gasteiger partial charge in [0.15, 0.2) is 34.9 Å². The molecule has 0 radical (unpaired) electrons. The van der Waals surface area contributed by atoms with Gasteiger partial charge in [-0.3, -0.25) is 0 Å². The second-order valence-electron chi connectivity index (χ2n) is 14.5. The van der Waals surface area contributed by atoms with Crippen LogP contribution in [0.4, 0.5) is 0 Å². The summed E-state index contributed by atoms with van der Waals surface area (Å²) in [6.07, 6.45) is 0. The average molecular weight is 793 g/mol. The average Bonchev–Trinajstić information content (AvgIpc) is 3.36. The molecule has 0 N–H and O–H groups in total. The summed E-state index contributed by atoms with van der Waals surface area (Å²) in [5, 5.41) is 22.9. The lowest BCUT2D eigenvalue weighted by Crippen LogP contribution is -2.01. The van der Waals surface area contributed by atoms with Crippen LogP contribution >= 0.6 is 0 Å². The van der Waals surface area contributed by atoms with Gasteiger partial charge in [-0.1, -0.05) is 170 Å². The number of nitrogens with zero attached hydrogens (tertiary/aromatic N) is 8. The molecule has 0 amide bonds. The van der Waals surface area contributed by atoms with Gasteiger partial charge >= 0.3 is 0 Å². The molecule has 288 valence electrons. The lowest BCUT2D eigenvalue weighted by atomic mass is 9.89. The zero-order chi connectivity index (χ0) is 41.8. The molecule has 0 spiro atoms. The van der Waals surface area contributed by atoms with Gasteiger partial charge in [-0.25, -0.2) is 29.9 Å². The third-order valence-electron chi connectivity index (χ3n) is 10.7. The van der Waals surface area contributed by atoms with Crippen molar-refractivity contribution in [2.24, 2.45) is 0 Å². The van der Waals surface area contributed by atoms with E-state index in [1.165, 1.54) is 0 Å². The number of benzene rings is 8. The van der Waals surface area contributed by atoms with Gasteiger partial charge in [-0.05, 0) is 57.3 Å². The van der Waals surface area contributed by atoms with Gasteiger partial charge in [0.05, 0.1) is 23.3 Å². The van der Waals surface area contributed by atoms with Gasteiger partial charge in [0.2, 0.25) is 0 Å². The molecular formula is C54H32N8. The minimum atomic E-state index is 0.399. The Morgan fingerprint density at radius 3 is 0.919 bits per heavy atom. The van der Waals surface area contributed by atoms with Crippen LogP contribution in [0.25, 0.3) is 101 Å². The molecule has 10 aromatic rings. The highest BCUT2D eigenvalue weighted by atomic mass is 15.0. The van der Waals surface area contributed by atoms with E-state index < -0.39 is 0 Å². The Morgan fingerprint density at radius 2 is 0.597 bits per heavy atom. The van der Waals surface area contributed by atoms with E-state index in [9.17, 15) is 10.5 Å². The number of rotatable bonds is 8. The molecule has 0 saturated carbocycles. The monoisotopic (exact) mass is 792 g/mol. The SMILES string of the molecule is N#Cc1ccc(-c2cccc3cccc(-c4ccc(C#N)c(-c5nc(-c6ccccc6)nc(-c6ccccc6)n5)c4)c23)cc1-c1nc(-c2ccccc2)nc(-c2ccccc2)n1. The minimum Gasteiger partial charge on any atom is -0.208 e. The lowest BCUT2D eigenvalue weighted by Gasteiger charge is -2.15. The molecule has 0 aliphatic heterocycles. The zero-order valence-corrected chi connectivity index (χ0v) is 33.1. The highest BCUT2D eigenvalue weighted by Gasteiger charge is 2.20. The maximum atomic E-state index is 10.4. The van der Waals surface area contributed by atoms with E-state index in [0.29, 0.717) is 57.2 Å². The van der Waals surface area contributed by atoms with Crippen LogP contribution in [0.15, 0.2) is 194 Å². The Labute approximate surface area is 357 Å². The first-order valence-electron chi connectivity index (χ1n) is 20.0. The lowest BCUT2D eigenvalue weighted by molar-refractivity contribution is 1.07. The van der Waals surface area contributed by atoms with Crippen LogP contribution in [-0.4, -0.2) is 29.9 Å². The van der Waals surface area contributed by atoms with Crippen molar-refractivity contribution in [1.29, 1.82) is 10.5 Å². The smallest absolute Gasteiger partial charge is 0.165 e. The van der Waals surface area contributed by atoms with Gasteiger partial charge in [-0.2, -0.15) is 10.5 Å². The molecule has 0 unspecified atom stereocenters. The molecule has 0 aliphatic rings. The largest absolute Gasteiger partial charge is 0.208 e. The second kappa shape index (κ2) is 16.3. The fourth-order valence-corrected chi connectivity index (χ4v) is 7.67. The molecule has 8 heteroatoms. The predicted octanol–water partition coefficient (Wildman–Crippen LogP) is 12.3. The standard InChI is InChI=1S/C54H32N8/c55-33-42-29-27-40(31-46(42)53-59-49(36-15-5-1-6-16-36)57-50(60-53)37-17-7-2-8-18-37)44-25-13-23-35-24-14-26-45(48(35)44)41-28-30-43(34-56)47(32-41)54-61-51(38-19-9-3-10-20-38)58-52(62-54)39-21-11-4-12-22-39/h1-32H. The molecular weight excluding hydrogens is 761 g/mol. The number of hydrogen-bond donors (Lipinski definition) is 0. The third kappa shape index (κ3) is 7.21. The minimum absolute atomic E-state index is 0.399. The van der Waals surface area contributed by atoms with Crippen molar-refractivity contribution < 1.29 is 0 Å². The van der Waals surface area contributed by atoms with Gasteiger partial charge in [0.1, 0.15) is 0 Å². The molecule has 0 saturated heterocycles. The van der Waals surface area contributed by atoms with Crippen LogP contribution in [0.1, 0.15) is 11.1 Å². The van der Waals surface area contributed by atoms with Crippen LogP contribution in [0.2, 0.25) is 0 Å². The molecule has 62 heavy (non-hydrogen) atoms. The first kappa shape index (κ1) is 37.3. The first-order chi connectivity index (χ1) is 30.6. The summed E-state index contributed by atoms with van der Waals surface area (Å²) in [5.74, 6) is 2.84. The summed E-state index contributed by atoms with van der Waals surface area (Å²) < 4.78 is 0. The van der Waals surface area contributed by atoms with Crippen molar-refractivity contribution in [2.75, 3.05) is 0 Å². The van der Waals surface area contributed by atoms with E-state index in [4.69, 9.17) is 29.9 Å². The summed E-state index contributed by atoms with van der Waals surface area (Å²) in [7, 11) is 0. The van der Waals surface area contributed by atoms with Crippen molar-refractivity contribution in [3.05, 3.63) is 205 Å². The molecule has 0 bridgehead atoms. The molecule has 8 aromatic carbocycles. The topological polar surface area (TPSA) is 125 Å². The molecule has 2 aromatic heterocycles. The number of aromatic nitrogens is 6. The van der Waals surface area contributed by atoms with E-state index in [1.54, 1.807) is 0 Å². The molecule has 8 nitrogen and oxygen atoms in total. The fourth-order valence-electron chi connectivity index (χ4n) is 7.67. The summed E-state index contributed by atoms with van der Waals surface area (Å²) in [6.45, 7) is 0. The van der Waals surface area contributed by atoms with Crippen LogP contribution in [-0.2, 0) is 0 Å². The van der Waals surface area contributed by atoms with Gasteiger partial charge in [0.25, 0.3) is 0 Å². The van der Waals surface area contributed by atoms with Crippen molar-refractivity contribution >= 4 is 10.8 Å². The van der Waals surface area contributed by atoms with Crippen LogP contribution in [0, 0.1) is 22.7 Å². The normalized spacial score (nSPS) is 10.9. The summed E-state index contributed by atoms with van der Waals surface area (Å²) in [4.78, 5) is 29.6. The molecule has 0 atom stereocenters. The van der Waals surface area contributed by atoms with E-state index in [2.05, 4.69) is 36.4 Å². The Balaban J connectivity index is 1.14. The van der Waals surface area contributed by atoms with Crippen molar-refractivity contribution in [2.45, 2.75) is 0 Å². The molecule has 2 heterocycles. The molecule has 0 aliphatic carbocycles. The molecule has 0 fully saturated rings. The van der Waals surface area contributed by atoms with Crippen molar-refractivity contribution in [3.8, 4) is 103 Å². The fraction of sp³-hybridized carbons (Fsp3) is 0. The maximum Gasteiger partial charge on any atom is 0.165 e. The Morgan fingerprint density at radius 1 is 0.274 bits per heavy atom. The number of fused-ring (bicyclic) bond motifs is 1. The van der Waals surface area contributed by atoms with Crippen molar-refractivity contribution in [3.63, 3.8) is 0 Å². The summed E-state index contributed by atoms with van der Waals surface area (Å²) in [5.41, 5.74) is 9.10. The maximum absolute atomic E-state index is 10.4. The first-order valence-corrected chi connectivity index (χ1v) is 20.0. The Kier molecular flexibility index (Phi) is 9.83. The van der Waals surface area contributed by atoms with E-state index >= 15 is 0 Å². The predicted molar refractivity (Wildman–Crippen MR) is 244 cm³/mol. The quantitative estimate of drug-likeness (QED) is 0.149. The van der Waals surface area contributed by atoms with Crippen molar-refractivity contribution in [1.82, 2.24) is 29.9 Å². The van der Waals surface area contributed by atoms with E-state index in [1.807, 2.05) is 170 Å². The third-order valence-corrected chi connectivity index (χ3v) is 10.7. The van der Waals surface area contributed by atoms with Crippen LogP contribution < -0.4 is 0 Å². The van der Waals surface area contributed by atoms with Gasteiger partial charge in [-0.15, -0.1) is 0 Å². The second-order valence-corrected chi connectivity index (χ2v) is 14.5. The van der Waals surface area contributed by atoms with E-state index in [-0.39, 0.29) is 0 Å². The van der Waals surface area contributed by atoms with Gasteiger partial charge in [0, 0.05) is 33.4 Å². The number of hydrogen-bond acceptors (Lipinski definition) is 8. The number of nitriles is 2. The Bertz CT molecular complexity index is 3020.